The smallest absolute Gasteiger partial charge is 0.228 e. The van der Waals surface area contributed by atoms with Crippen molar-refractivity contribution in [1.82, 2.24) is 0 Å². The summed E-state index contributed by atoms with van der Waals surface area (Å²) >= 11 is 0. The van der Waals surface area contributed by atoms with Crippen LogP contribution < -0.4 is 10.1 Å². The minimum atomic E-state index is -0.0885. The zero-order valence-electron chi connectivity index (χ0n) is 12.0. The quantitative estimate of drug-likeness (QED) is 0.857. The van der Waals surface area contributed by atoms with Gasteiger partial charge in [-0.25, -0.2) is 0 Å². The average Bonchev–Trinajstić information content (AvgIpc) is 2.50. The average molecular weight is 285 g/mol. The molecule has 0 atom stereocenters. The van der Waals surface area contributed by atoms with E-state index in [1.54, 1.807) is 7.11 Å². The van der Waals surface area contributed by atoms with E-state index in [1.165, 1.54) is 0 Å². The van der Waals surface area contributed by atoms with Crippen LogP contribution in [0, 0.1) is 0 Å². The monoisotopic (exact) mass is 285 g/mol. The number of aliphatic hydroxyl groups is 1. The van der Waals surface area contributed by atoms with Gasteiger partial charge in [-0.2, -0.15) is 0 Å². The van der Waals surface area contributed by atoms with Crippen LogP contribution in [-0.2, 0) is 17.6 Å². The Balaban J connectivity index is 1.98. The molecule has 0 fully saturated rings. The van der Waals surface area contributed by atoms with Crippen LogP contribution in [0.2, 0.25) is 0 Å². The molecule has 0 aromatic heterocycles. The van der Waals surface area contributed by atoms with Crippen molar-refractivity contribution in [2.45, 2.75) is 12.8 Å². The zero-order chi connectivity index (χ0) is 15.1. The summed E-state index contributed by atoms with van der Waals surface area (Å²) in [5.41, 5.74) is 2.64. The largest absolute Gasteiger partial charge is 0.496 e. The molecule has 110 valence electrons. The van der Waals surface area contributed by atoms with Gasteiger partial charge < -0.3 is 15.2 Å². The molecule has 2 rings (SSSR count). The van der Waals surface area contributed by atoms with Crippen LogP contribution in [0.3, 0.4) is 0 Å². The molecule has 1 amide bonds. The van der Waals surface area contributed by atoms with Crippen LogP contribution in [0.5, 0.6) is 5.75 Å². The molecule has 0 bridgehead atoms. The summed E-state index contributed by atoms with van der Waals surface area (Å²) in [6, 6.07) is 14.9. The van der Waals surface area contributed by atoms with Crippen molar-refractivity contribution < 1.29 is 14.6 Å². The number of para-hydroxylation sites is 1. The molecule has 2 aromatic rings. The number of amides is 1. The van der Waals surface area contributed by atoms with Crippen LogP contribution in [0.1, 0.15) is 11.1 Å². The number of benzene rings is 2. The lowest BCUT2D eigenvalue weighted by atomic mass is 10.1. The third-order valence-electron chi connectivity index (χ3n) is 3.18. The maximum absolute atomic E-state index is 12.1. The molecule has 2 N–H and O–H groups in total. The summed E-state index contributed by atoms with van der Waals surface area (Å²) in [5.74, 6) is 0.625. The first kappa shape index (κ1) is 15.1. The number of methoxy groups -OCH3 is 1. The summed E-state index contributed by atoms with van der Waals surface area (Å²) in [6.45, 7) is 0.125. The van der Waals surface area contributed by atoms with Gasteiger partial charge in [-0.3, -0.25) is 4.79 Å². The molecule has 4 nitrogen and oxygen atoms in total. The highest BCUT2D eigenvalue weighted by atomic mass is 16.5. The Kier molecular flexibility index (Phi) is 5.35. The fourth-order valence-corrected chi connectivity index (χ4v) is 2.11. The van der Waals surface area contributed by atoms with E-state index in [4.69, 9.17) is 9.84 Å². The van der Waals surface area contributed by atoms with E-state index in [1.807, 2.05) is 48.5 Å². The van der Waals surface area contributed by atoms with Gasteiger partial charge in [-0.15, -0.1) is 0 Å². The molecular formula is C17H19NO3. The molecule has 2 aromatic carbocycles. The third-order valence-corrected chi connectivity index (χ3v) is 3.18. The molecule has 0 saturated heterocycles. The van der Waals surface area contributed by atoms with Gasteiger partial charge in [0, 0.05) is 17.9 Å². The van der Waals surface area contributed by atoms with Gasteiger partial charge >= 0.3 is 0 Å². The number of rotatable bonds is 6. The Bertz CT molecular complexity index is 593. The molecule has 0 radical (unpaired) electrons. The topological polar surface area (TPSA) is 58.6 Å². The van der Waals surface area contributed by atoms with Crippen molar-refractivity contribution in [2.24, 2.45) is 0 Å². The molecule has 0 heterocycles. The summed E-state index contributed by atoms with van der Waals surface area (Å²) in [5, 5.41) is 11.7. The Labute approximate surface area is 124 Å². The first-order valence-corrected chi connectivity index (χ1v) is 6.84. The second-order valence-electron chi connectivity index (χ2n) is 4.71. The van der Waals surface area contributed by atoms with Crippen molar-refractivity contribution >= 4 is 11.6 Å². The molecule has 0 aliphatic rings. The van der Waals surface area contributed by atoms with E-state index in [9.17, 15) is 4.79 Å². The molecule has 0 aliphatic heterocycles. The fourth-order valence-electron chi connectivity index (χ4n) is 2.11. The van der Waals surface area contributed by atoms with Gasteiger partial charge in [-0.05, 0) is 30.2 Å². The lowest BCUT2D eigenvalue weighted by Gasteiger charge is -2.09. The fraction of sp³-hybridized carbons (Fsp3) is 0.235. The zero-order valence-corrected chi connectivity index (χ0v) is 12.0. The normalized spacial score (nSPS) is 10.2. The van der Waals surface area contributed by atoms with Crippen molar-refractivity contribution in [3.63, 3.8) is 0 Å². The van der Waals surface area contributed by atoms with Gasteiger partial charge in [0.05, 0.1) is 13.5 Å². The van der Waals surface area contributed by atoms with Crippen LogP contribution >= 0.6 is 0 Å². The Morgan fingerprint density at radius 2 is 1.86 bits per heavy atom. The molecule has 0 spiro atoms. The van der Waals surface area contributed by atoms with Gasteiger partial charge in [0.15, 0.2) is 0 Å². The number of carbonyl (C=O) groups excluding carboxylic acids is 1. The van der Waals surface area contributed by atoms with E-state index in [-0.39, 0.29) is 18.9 Å². The first-order chi connectivity index (χ1) is 10.2. The second-order valence-corrected chi connectivity index (χ2v) is 4.71. The predicted molar refractivity (Wildman–Crippen MR) is 82.6 cm³/mol. The number of carbonyl (C=O) groups is 1. The Morgan fingerprint density at radius 3 is 2.52 bits per heavy atom. The van der Waals surface area contributed by atoms with Crippen LogP contribution in [0.4, 0.5) is 5.69 Å². The lowest BCUT2D eigenvalue weighted by molar-refractivity contribution is -0.115. The van der Waals surface area contributed by atoms with Crippen LogP contribution in [0.25, 0.3) is 0 Å². The summed E-state index contributed by atoms with van der Waals surface area (Å²) < 4.78 is 5.24. The third kappa shape index (κ3) is 4.33. The van der Waals surface area contributed by atoms with Gasteiger partial charge in [0.1, 0.15) is 5.75 Å². The number of aliphatic hydroxyl groups excluding tert-OH is 1. The molecule has 0 aliphatic carbocycles. The van der Waals surface area contributed by atoms with Gasteiger partial charge in [-0.1, -0.05) is 30.3 Å². The minimum Gasteiger partial charge on any atom is -0.496 e. The maximum Gasteiger partial charge on any atom is 0.228 e. The maximum atomic E-state index is 12.1. The van der Waals surface area contributed by atoms with Crippen molar-refractivity contribution in [2.75, 3.05) is 19.0 Å². The number of hydrogen-bond acceptors (Lipinski definition) is 3. The molecular weight excluding hydrogens is 266 g/mol. The molecule has 0 unspecified atom stereocenters. The van der Waals surface area contributed by atoms with Gasteiger partial charge in [0.2, 0.25) is 5.91 Å². The van der Waals surface area contributed by atoms with E-state index >= 15 is 0 Å². The first-order valence-electron chi connectivity index (χ1n) is 6.84. The van der Waals surface area contributed by atoms with Crippen molar-refractivity contribution in [3.05, 3.63) is 59.7 Å². The SMILES string of the molecule is COc1ccccc1CC(=O)Nc1ccc(CCO)cc1. The Hall–Kier alpha value is -2.33. The van der Waals surface area contributed by atoms with Crippen molar-refractivity contribution in [1.29, 1.82) is 0 Å². The van der Waals surface area contributed by atoms with Crippen LogP contribution in [-0.4, -0.2) is 24.7 Å². The molecule has 0 saturated carbocycles. The van der Waals surface area contributed by atoms with Gasteiger partial charge in [0.25, 0.3) is 0 Å². The second kappa shape index (κ2) is 7.45. The number of ether oxygens (including phenoxy) is 1. The summed E-state index contributed by atoms with van der Waals surface area (Å²) in [7, 11) is 1.59. The van der Waals surface area contributed by atoms with Crippen LogP contribution in [0.15, 0.2) is 48.5 Å². The lowest BCUT2D eigenvalue weighted by Crippen LogP contribution is -2.14. The number of hydrogen-bond donors (Lipinski definition) is 2. The molecule has 21 heavy (non-hydrogen) atoms. The minimum absolute atomic E-state index is 0.0885. The number of nitrogens with one attached hydrogen (secondary N) is 1. The number of anilines is 1. The molecule has 4 heteroatoms. The van der Waals surface area contributed by atoms with Crippen molar-refractivity contribution in [3.8, 4) is 5.75 Å². The van der Waals surface area contributed by atoms with E-state index in [2.05, 4.69) is 5.32 Å². The standard InChI is InChI=1S/C17H19NO3/c1-21-16-5-3-2-4-14(16)12-17(20)18-15-8-6-13(7-9-15)10-11-19/h2-9,19H,10-12H2,1H3,(H,18,20). The highest BCUT2D eigenvalue weighted by Crippen LogP contribution is 2.18. The highest BCUT2D eigenvalue weighted by Gasteiger charge is 2.08. The predicted octanol–water partition coefficient (Wildman–Crippen LogP) is 2.41. The van der Waals surface area contributed by atoms with E-state index in [0.717, 1.165) is 16.8 Å². The highest BCUT2D eigenvalue weighted by molar-refractivity contribution is 5.92. The summed E-state index contributed by atoms with van der Waals surface area (Å²) in [4.78, 5) is 12.1. The van der Waals surface area contributed by atoms with E-state index in [0.29, 0.717) is 12.2 Å². The van der Waals surface area contributed by atoms with E-state index < -0.39 is 0 Å². The Morgan fingerprint density at radius 1 is 1.14 bits per heavy atom. The summed E-state index contributed by atoms with van der Waals surface area (Å²) in [6.07, 6.45) is 0.887.